The molecule has 4 heteroatoms. The molecular formula is C22H30O4. The lowest BCUT2D eigenvalue weighted by Gasteiger charge is -2.08. The Kier molecular flexibility index (Phi) is 12.5. The number of hydrogen-bond donors (Lipinski definition) is 2. The van der Waals surface area contributed by atoms with Crippen molar-refractivity contribution in [2.75, 3.05) is 6.61 Å². The van der Waals surface area contributed by atoms with E-state index in [1.165, 1.54) is 0 Å². The fourth-order valence-electron chi connectivity index (χ4n) is 2.25. The van der Waals surface area contributed by atoms with Crippen molar-refractivity contribution in [1.82, 2.24) is 0 Å². The first-order valence-corrected chi connectivity index (χ1v) is 9.24. The zero-order valence-electron chi connectivity index (χ0n) is 15.3. The van der Waals surface area contributed by atoms with Gasteiger partial charge in [-0.3, -0.25) is 4.79 Å². The fourth-order valence-corrected chi connectivity index (χ4v) is 2.25. The normalized spacial score (nSPS) is 13.0. The second kappa shape index (κ2) is 15.0. The van der Waals surface area contributed by atoms with Crippen molar-refractivity contribution >= 4 is 5.97 Å². The maximum atomic E-state index is 10.4. The molecule has 0 aliphatic carbocycles. The van der Waals surface area contributed by atoms with Crippen LogP contribution in [-0.4, -0.2) is 28.9 Å². The molecule has 4 nitrogen and oxygen atoms in total. The second-order valence-electron chi connectivity index (χ2n) is 6.05. The lowest BCUT2D eigenvalue weighted by Crippen LogP contribution is -2.14. The minimum absolute atomic E-state index is 0.243. The predicted octanol–water partition coefficient (Wildman–Crippen LogP) is 4.91. The van der Waals surface area contributed by atoms with E-state index in [1.807, 2.05) is 42.5 Å². The van der Waals surface area contributed by atoms with Crippen molar-refractivity contribution < 1.29 is 19.7 Å². The van der Waals surface area contributed by atoms with E-state index in [4.69, 9.17) is 9.84 Å². The number of rotatable bonds is 14. The van der Waals surface area contributed by atoms with Crippen molar-refractivity contribution in [2.24, 2.45) is 0 Å². The molecule has 1 unspecified atom stereocenters. The topological polar surface area (TPSA) is 66.8 Å². The number of unbranched alkanes of at least 4 members (excludes halogenated alkanes) is 4. The Bertz CT molecular complexity index is 561. The summed E-state index contributed by atoms with van der Waals surface area (Å²) >= 11 is 0. The van der Waals surface area contributed by atoms with Crippen LogP contribution in [-0.2, 0) is 4.79 Å². The molecule has 0 saturated heterocycles. The van der Waals surface area contributed by atoms with Crippen LogP contribution in [0.2, 0.25) is 0 Å². The second-order valence-corrected chi connectivity index (χ2v) is 6.05. The maximum Gasteiger partial charge on any atom is 0.303 e. The van der Waals surface area contributed by atoms with Gasteiger partial charge in [0.05, 0.1) is 0 Å². The van der Waals surface area contributed by atoms with Crippen LogP contribution in [0.4, 0.5) is 0 Å². The Balaban J connectivity index is 1.98. The maximum absolute atomic E-state index is 10.4. The Morgan fingerprint density at radius 1 is 0.962 bits per heavy atom. The summed E-state index contributed by atoms with van der Waals surface area (Å²) in [6.45, 7) is 0.243. The molecule has 142 valence electrons. The monoisotopic (exact) mass is 358 g/mol. The van der Waals surface area contributed by atoms with Crippen molar-refractivity contribution in [3.63, 3.8) is 0 Å². The van der Waals surface area contributed by atoms with Crippen LogP contribution >= 0.6 is 0 Å². The molecule has 1 rings (SSSR count). The van der Waals surface area contributed by atoms with E-state index in [9.17, 15) is 9.90 Å². The lowest BCUT2D eigenvalue weighted by molar-refractivity contribution is -0.137. The summed E-state index contributed by atoms with van der Waals surface area (Å²) in [7, 11) is 0. The van der Waals surface area contributed by atoms with Crippen LogP contribution in [0.1, 0.15) is 44.9 Å². The Labute approximate surface area is 156 Å². The summed E-state index contributed by atoms with van der Waals surface area (Å²) in [6.07, 6.45) is 17.3. The highest BCUT2D eigenvalue weighted by Crippen LogP contribution is 2.08. The summed E-state index contributed by atoms with van der Waals surface area (Å²) in [4.78, 5) is 10.4. The number of carbonyl (C=O) groups is 1. The summed E-state index contributed by atoms with van der Waals surface area (Å²) in [5.74, 6) is 0.0295. The average molecular weight is 358 g/mol. The van der Waals surface area contributed by atoms with Crippen LogP contribution in [0, 0.1) is 0 Å². The fraction of sp³-hybridized carbons (Fsp3) is 0.409. The number of carboxylic acids is 1. The molecule has 26 heavy (non-hydrogen) atoms. The molecule has 2 N–H and O–H groups in total. The minimum Gasteiger partial charge on any atom is -0.491 e. The number of aliphatic carboxylic acids is 1. The van der Waals surface area contributed by atoms with Crippen LogP contribution in [0.15, 0.2) is 66.8 Å². The molecule has 0 amide bonds. The van der Waals surface area contributed by atoms with Gasteiger partial charge in [0.15, 0.2) is 0 Å². The highest BCUT2D eigenvalue weighted by Gasteiger charge is 1.99. The Morgan fingerprint density at radius 2 is 1.62 bits per heavy atom. The number of para-hydroxylation sites is 1. The highest BCUT2D eigenvalue weighted by molar-refractivity contribution is 5.66. The third-order valence-corrected chi connectivity index (χ3v) is 3.66. The summed E-state index contributed by atoms with van der Waals surface area (Å²) < 4.78 is 5.48. The van der Waals surface area contributed by atoms with E-state index in [-0.39, 0.29) is 13.0 Å². The van der Waals surface area contributed by atoms with Gasteiger partial charge < -0.3 is 14.9 Å². The molecule has 0 fully saturated rings. The van der Waals surface area contributed by atoms with Gasteiger partial charge in [-0.1, -0.05) is 54.7 Å². The van der Waals surface area contributed by atoms with E-state index in [2.05, 4.69) is 18.2 Å². The molecule has 0 aliphatic rings. The predicted molar refractivity (Wildman–Crippen MR) is 105 cm³/mol. The molecule has 0 aliphatic heterocycles. The molecule has 0 heterocycles. The van der Waals surface area contributed by atoms with Gasteiger partial charge in [-0.15, -0.1) is 0 Å². The van der Waals surface area contributed by atoms with Gasteiger partial charge in [0.1, 0.15) is 18.5 Å². The van der Waals surface area contributed by atoms with E-state index in [0.717, 1.165) is 37.9 Å². The van der Waals surface area contributed by atoms with Crippen LogP contribution in [0.25, 0.3) is 0 Å². The molecule has 0 spiro atoms. The third-order valence-electron chi connectivity index (χ3n) is 3.66. The van der Waals surface area contributed by atoms with Gasteiger partial charge in [-0.05, 0) is 50.7 Å². The smallest absolute Gasteiger partial charge is 0.303 e. The number of hydrogen-bond acceptors (Lipinski definition) is 3. The zero-order valence-corrected chi connectivity index (χ0v) is 15.3. The molecular weight excluding hydrogens is 328 g/mol. The third kappa shape index (κ3) is 13.0. The van der Waals surface area contributed by atoms with Crippen molar-refractivity contribution in [3.8, 4) is 5.75 Å². The van der Waals surface area contributed by atoms with Crippen molar-refractivity contribution in [2.45, 2.75) is 51.0 Å². The Morgan fingerprint density at radius 3 is 2.31 bits per heavy atom. The average Bonchev–Trinajstić information content (AvgIpc) is 2.64. The van der Waals surface area contributed by atoms with E-state index < -0.39 is 12.1 Å². The summed E-state index contributed by atoms with van der Waals surface area (Å²) in [5.41, 5.74) is 0. The Hall–Kier alpha value is -2.33. The molecule has 1 aromatic rings. The van der Waals surface area contributed by atoms with Crippen LogP contribution in [0.3, 0.4) is 0 Å². The first kappa shape index (κ1) is 21.7. The first-order valence-electron chi connectivity index (χ1n) is 9.24. The first-order chi connectivity index (χ1) is 12.7. The van der Waals surface area contributed by atoms with Gasteiger partial charge >= 0.3 is 5.97 Å². The lowest BCUT2D eigenvalue weighted by atomic mass is 10.1. The number of aliphatic hydroxyl groups excluding tert-OH is 1. The van der Waals surface area contributed by atoms with E-state index in [1.54, 1.807) is 6.08 Å². The molecule has 0 saturated carbocycles. The number of carboxylic acid groups (broad SMARTS) is 1. The summed E-state index contributed by atoms with van der Waals surface area (Å²) in [6, 6.07) is 9.45. The van der Waals surface area contributed by atoms with Gasteiger partial charge in [0.25, 0.3) is 0 Å². The number of benzene rings is 1. The van der Waals surface area contributed by atoms with E-state index in [0.29, 0.717) is 6.42 Å². The van der Waals surface area contributed by atoms with Gasteiger partial charge in [-0.2, -0.15) is 0 Å². The molecule has 1 atom stereocenters. The molecule has 0 aromatic heterocycles. The zero-order chi connectivity index (χ0) is 18.9. The van der Waals surface area contributed by atoms with Crippen molar-refractivity contribution in [1.29, 1.82) is 0 Å². The largest absolute Gasteiger partial charge is 0.491 e. The molecule has 1 aromatic carbocycles. The van der Waals surface area contributed by atoms with Crippen LogP contribution < -0.4 is 4.74 Å². The number of ether oxygens (including phenoxy) is 1. The number of allylic oxidation sites excluding steroid dienone is 5. The standard InChI is InChI=1S/C22H30O4/c23-20(19-26-21-16-12-10-13-17-21)15-11-8-6-4-2-1-3-5-7-9-14-18-22(24)25/h5-8,10-13,15-17,20,23H,1-4,9,14,18-19H2,(H,24,25)/b7-5+,8-6+,15-11+. The highest BCUT2D eigenvalue weighted by atomic mass is 16.5. The van der Waals surface area contributed by atoms with Crippen LogP contribution in [0.5, 0.6) is 5.75 Å². The molecule has 0 bridgehead atoms. The summed E-state index contributed by atoms with van der Waals surface area (Å²) in [5, 5.41) is 18.3. The minimum atomic E-state index is -0.726. The number of aliphatic hydroxyl groups is 1. The van der Waals surface area contributed by atoms with Gasteiger partial charge in [0.2, 0.25) is 0 Å². The quantitative estimate of drug-likeness (QED) is 0.282. The van der Waals surface area contributed by atoms with E-state index >= 15 is 0 Å². The van der Waals surface area contributed by atoms with Crippen molar-refractivity contribution in [3.05, 3.63) is 66.8 Å². The molecule has 0 radical (unpaired) electrons. The SMILES string of the molecule is O=C(O)CCC/C=C/CCCC/C=C/C=C/C(O)COc1ccccc1. The van der Waals surface area contributed by atoms with Gasteiger partial charge in [-0.25, -0.2) is 0 Å². The van der Waals surface area contributed by atoms with Gasteiger partial charge in [0, 0.05) is 6.42 Å².